The summed E-state index contributed by atoms with van der Waals surface area (Å²) in [5.41, 5.74) is 2.74. The van der Waals surface area contributed by atoms with E-state index in [4.69, 9.17) is 14.7 Å². The van der Waals surface area contributed by atoms with Gasteiger partial charge < -0.3 is 15.0 Å². The van der Waals surface area contributed by atoms with Crippen LogP contribution in [0.15, 0.2) is 48.7 Å². The van der Waals surface area contributed by atoms with Crippen LogP contribution in [0.3, 0.4) is 0 Å². The number of amides is 1. The Morgan fingerprint density at radius 2 is 1.73 bits per heavy atom. The second-order valence-corrected chi connectivity index (χ2v) is 9.86. The minimum Gasteiger partial charge on any atom is -0.378 e. The molecule has 0 unspecified atom stereocenters. The number of aromatic nitrogens is 3. The maximum absolute atomic E-state index is 12.2. The molecule has 3 heterocycles. The largest absolute Gasteiger partial charge is 0.378 e. The van der Waals surface area contributed by atoms with Gasteiger partial charge in [0.2, 0.25) is 15.9 Å². The standard InChI is InChI=1S/C23H23N5O4S/c1-15(29)24-17-5-3-16(4-6-17)22-25-21-18-9-10-28(33(2,30)31)20(18)8-7-19(21)23(26-22)27-11-13-32-14-12-27/h3-10H,11-14H2,1-2H3,(H,24,29). The summed E-state index contributed by atoms with van der Waals surface area (Å²) in [6, 6.07) is 12.8. The molecule has 1 aliphatic heterocycles. The Hall–Kier alpha value is -3.50. The van der Waals surface area contributed by atoms with Gasteiger partial charge >= 0.3 is 0 Å². The predicted octanol–water partition coefficient (Wildman–Crippen LogP) is 2.85. The Labute approximate surface area is 191 Å². The molecule has 1 N–H and O–H groups in total. The number of benzene rings is 2. The molecule has 5 rings (SSSR count). The zero-order valence-electron chi connectivity index (χ0n) is 18.3. The molecule has 0 spiro atoms. The molecule has 0 saturated carbocycles. The molecule has 9 nitrogen and oxygen atoms in total. The Balaban J connectivity index is 1.72. The summed E-state index contributed by atoms with van der Waals surface area (Å²) in [5, 5.41) is 4.35. The van der Waals surface area contributed by atoms with Crippen molar-refractivity contribution in [1.29, 1.82) is 0 Å². The number of rotatable bonds is 4. The number of hydrogen-bond acceptors (Lipinski definition) is 7. The first-order valence-corrected chi connectivity index (χ1v) is 12.4. The van der Waals surface area contributed by atoms with Crippen molar-refractivity contribution in [2.24, 2.45) is 0 Å². The minimum atomic E-state index is -3.45. The topological polar surface area (TPSA) is 106 Å². The molecule has 0 atom stereocenters. The number of fused-ring (bicyclic) bond motifs is 3. The molecule has 1 amide bonds. The number of nitrogens with one attached hydrogen (secondary N) is 1. The van der Waals surface area contributed by atoms with E-state index < -0.39 is 10.0 Å². The third-order valence-corrected chi connectivity index (χ3v) is 6.64. The SMILES string of the molecule is CC(=O)Nc1ccc(-c2nc(N3CCOCC3)c3ccc4c(ccn4S(C)(=O)=O)c3n2)cc1. The summed E-state index contributed by atoms with van der Waals surface area (Å²) in [7, 11) is -3.45. The Morgan fingerprint density at radius 1 is 1.00 bits per heavy atom. The van der Waals surface area contributed by atoms with Gasteiger partial charge in [-0.2, -0.15) is 0 Å². The van der Waals surface area contributed by atoms with Gasteiger partial charge in [0.25, 0.3) is 0 Å². The predicted molar refractivity (Wildman–Crippen MR) is 128 cm³/mol. The number of carbonyl (C=O) groups excluding carboxylic acids is 1. The number of nitrogens with zero attached hydrogens (tertiary/aromatic N) is 4. The lowest BCUT2D eigenvalue weighted by molar-refractivity contribution is -0.114. The molecule has 1 saturated heterocycles. The fraction of sp³-hybridized carbons (Fsp3) is 0.261. The van der Waals surface area contributed by atoms with Crippen LogP contribution in [0.4, 0.5) is 11.5 Å². The molecule has 0 bridgehead atoms. The van der Waals surface area contributed by atoms with Crippen LogP contribution in [0.2, 0.25) is 0 Å². The van der Waals surface area contributed by atoms with Crippen molar-refractivity contribution in [2.45, 2.75) is 6.92 Å². The normalized spacial score (nSPS) is 14.7. The smallest absolute Gasteiger partial charge is 0.236 e. The first-order chi connectivity index (χ1) is 15.8. The van der Waals surface area contributed by atoms with Crippen molar-refractivity contribution >= 4 is 49.2 Å². The quantitative estimate of drug-likeness (QED) is 0.494. The second-order valence-electron chi connectivity index (χ2n) is 8.00. The van der Waals surface area contributed by atoms with Gasteiger partial charge in [0.1, 0.15) is 5.82 Å². The molecule has 4 aromatic rings. The van der Waals surface area contributed by atoms with Crippen LogP contribution >= 0.6 is 0 Å². The third kappa shape index (κ3) is 4.03. The maximum Gasteiger partial charge on any atom is 0.236 e. The number of anilines is 2. The summed E-state index contributed by atoms with van der Waals surface area (Å²) < 4.78 is 31.2. The van der Waals surface area contributed by atoms with Crippen LogP contribution in [-0.4, -0.2) is 60.8 Å². The lowest BCUT2D eigenvalue weighted by Gasteiger charge is -2.29. The van der Waals surface area contributed by atoms with E-state index in [1.807, 2.05) is 18.2 Å². The van der Waals surface area contributed by atoms with Crippen LogP contribution in [0.5, 0.6) is 0 Å². The maximum atomic E-state index is 12.2. The van der Waals surface area contributed by atoms with Crippen LogP contribution in [-0.2, 0) is 19.6 Å². The Morgan fingerprint density at radius 3 is 2.39 bits per heavy atom. The molecule has 170 valence electrons. The number of hydrogen-bond donors (Lipinski definition) is 1. The fourth-order valence-electron chi connectivity index (χ4n) is 4.11. The van der Waals surface area contributed by atoms with E-state index in [1.165, 1.54) is 17.2 Å². The molecule has 0 aliphatic carbocycles. The van der Waals surface area contributed by atoms with Crippen molar-refractivity contribution < 1.29 is 17.9 Å². The third-order valence-electron chi connectivity index (χ3n) is 5.61. The van der Waals surface area contributed by atoms with Crippen molar-refractivity contribution in [3.63, 3.8) is 0 Å². The highest BCUT2D eigenvalue weighted by molar-refractivity contribution is 7.89. The zero-order chi connectivity index (χ0) is 23.2. The lowest BCUT2D eigenvalue weighted by atomic mass is 10.1. The Bertz CT molecular complexity index is 1470. The van der Waals surface area contributed by atoms with Crippen molar-refractivity contribution in [1.82, 2.24) is 13.9 Å². The Kier molecular flexibility index (Phi) is 5.26. The number of carbonyl (C=O) groups is 1. The van der Waals surface area contributed by atoms with Gasteiger partial charge in [-0.05, 0) is 42.5 Å². The van der Waals surface area contributed by atoms with E-state index in [0.717, 1.165) is 22.2 Å². The van der Waals surface area contributed by atoms with E-state index in [0.29, 0.717) is 48.8 Å². The van der Waals surface area contributed by atoms with Crippen LogP contribution < -0.4 is 10.2 Å². The fourth-order valence-corrected chi connectivity index (χ4v) is 4.91. The van der Waals surface area contributed by atoms with E-state index in [2.05, 4.69) is 10.2 Å². The molecule has 1 fully saturated rings. The van der Waals surface area contributed by atoms with E-state index in [9.17, 15) is 13.2 Å². The summed E-state index contributed by atoms with van der Waals surface area (Å²) >= 11 is 0. The van der Waals surface area contributed by atoms with Crippen LogP contribution in [0.1, 0.15) is 6.92 Å². The molecule has 1 aliphatic rings. The van der Waals surface area contributed by atoms with E-state index >= 15 is 0 Å². The molecule has 0 radical (unpaired) electrons. The van der Waals surface area contributed by atoms with Gasteiger partial charge in [0, 0.05) is 48.2 Å². The van der Waals surface area contributed by atoms with E-state index in [-0.39, 0.29) is 5.91 Å². The molecule has 2 aromatic carbocycles. The monoisotopic (exact) mass is 465 g/mol. The van der Waals surface area contributed by atoms with Crippen LogP contribution in [0.25, 0.3) is 33.2 Å². The summed E-state index contributed by atoms with van der Waals surface area (Å²) in [4.78, 5) is 23.2. The summed E-state index contributed by atoms with van der Waals surface area (Å²) in [6.45, 7) is 4.09. The molecule has 10 heteroatoms. The lowest BCUT2D eigenvalue weighted by Crippen LogP contribution is -2.37. The highest BCUT2D eigenvalue weighted by atomic mass is 32.2. The summed E-state index contributed by atoms with van der Waals surface area (Å²) in [5.74, 6) is 1.17. The van der Waals surface area contributed by atoms with Crippen molar-refractivity contribution in [3.05, 3.63) is 48.7 Å². The van der Waals surface area contributed by atoms with Gasteiger partial charge in [-0.3, -0.25) is 4.79 Å². The summed E-state index contributed by atoms with van der Waals surface area (Å²) in [6.07, 6.45) is 2.73. The second kappa shape index (κ2) is 8.13. The molecule has 33 heavy (non-hydrogen) atoms. The molecular formula is C23H23N5O4S. The van der Waals surface area contributed by atoms with Gasteiger partial charge in [-0.25, -0.2) is 22.4 Å². The number of morpholine rings is 1. The van der Waals surface area contributed by atoms with Gasteiger partial charge in [-0.1, -0.05) is 0 Å². The highest BCUT2D eigenvalue weighted by Gasteiger charge is 2.21. The molecular weight excluding hydrogens is 442 g/mol. The molecule has 2 aromatic heterocycles. The van der Waals surface area contributed by atoms with Crippen molar-refractivity contribution in [2.75, 3.05) is 42.8 Å². The van der Waals surface area contributed by atoms with Gasteiger partial charge in [-0.15, -0.1) is 0 Å². The average Bonchev–Trinajstić information content (AvgIpc) is 3.24. The van der Waals surface area contributed by atoms with Gasteiger partial charge in [0.05, 0.1) is 30.5 Å². The first kappa shape index (κ1) is 21.4. The highest BCUT2D eigenvalue weighted by Crippen LogP contribution is 2.33. The minimum absolute atomic E-state index is 0.142. The zero-order valence-corrected chi connectivity index (χ0v) is 19.1. The number of ether oxygens (including phenoxy) is 1. The van der Waals surface area contributed by atoms with Crippen LogP contribution in [0, 0.1) is 0 Å². The average molecular weight is 466 g/mol. The first-order valence-electron chi connectivity index (χ1n) is 10.5. The van der Waals surface area contributed by atoms with Crippen molar-refractivity contribution in [3.8, 4) is 11.4 Å². The van der Waals surface area contributed by atoms with E-state index in [1.54, 1.807) is 30.5 Å². The van der Waals surface area contributed by atoms with Gasteiger partial charge in [0.15, 0.2) is 5.82 Å².